The molecule has 2 N–H and O–H groups in total. The van der Waals surface area contributed by atoms with E-state index in [0.29, 0.717) is 41.5 Å². The summed E-state index contributed by atoms with van der Waals surface area (Å²) in [5.41, 5.74) is 1.34. The van der Waals surface area contributed by atoms with Crippen molar-refractivity contribution in [2.75, 3.05) is 31.6 Å². The van der Waals surface area contributed by atoms with Gasteiger partial charge in [-0.2, -0.15) is 0 Å². The van der Waals surface area contributed by atoms with Gasteiger partial charge in [0.15, 0.2) is 0 Å². The topological polar surface area (TPSA) is 87.7 Å². The van der Waals surface area contributed by atoms with E-state index in [1.54, 1.807) is 53.4 Å². The van der Waals surface area contributed by atoms with Gasteiger partial charge >= 0.3 is 0 Å². The van der Waals surface area contributed by atoms with Crippen molar-refractivity contribution in [1.29, 1.82) is 0 Å². The quantitative estimate of drug-likeness (QED) is 0.674. The highest BCUT2D eigenvalue weighted by molar-refractivity contribution is 6.34. The summed E-state index contributed by atoms with van der Waals surface area (Å²) in [6.07, 6.45) is 3.63. The van der Waals surface area contributed by atoms with E-state index >= 15 is 0 Å². The van der Waals surface area contributed by atoms with E-state index in [-0.39, 0.29) is 29.7 Å². The molecular formula is C25H28ClN3O4. The molecule has 2 aromatic rings. The van der Waals surface area contributed by atoms with Crippen molar-refractivity contribution < 1.29 is 19.1 Å². The lowest BCUT2D eigenvalue weighted by Crippen LogP contribution is -2.46. The largest absolute Gasteiger partial charge is 0.376 e. The molecule has 0 aliphatic carbocycles. The Kier molecular flexibility index (Phi) is 7.62. The fourth-order valence-electron chi connectivity index (χ4n) is 4.30. The average Bonchev–Trinajstić information content (AvgIpc) is 3.36. The average molecular weight is 470 g/mol. The van der Waals surface area contributed by atoms with Gasteiger partial charge in [0.25, 0.3) is 11.8 Å². The smallest absolute Gasteiger partial charge is 0.257 e. The van der Waals surface area contributed by atoms with Gasteiger partial charge in [0.1, 0.15) is 0 Å². The Morgan fingerprint density at radius 3 is 2.70 bits per heavy atom. The van der Waals surface area contributed by atoms with Crippen LogP contribution in [0.2, 0.25) is 5.02 Å². The first-order chi connectivity index (χ1) is 16.0. The van der Waals surface area contributed by atoms with Gasteiger partial charge in [-0.05, 0) is 56.0 Å². The Bertz CT molecular complexity index is 1020. The first-order valence-corrected chi connectivity index (χ1v) is 11.7. The molecular weight excluding hydrogens is 442 g/mol. The molecule has 0 radical (unpaired) electrons. The third kappa shape index (κ3) is 5.92. The predicted molar refractivity (Wildman–Crippen MR) is 126 cm³/mol. The SMILES string of the molecule is O=C(Nc1cccc(C(=O)N2CCC[C@@H](C(=O)NC[C@@H]3CCCO3)C2)c1)c1ccccc1Cl. The van der Waals surface area contributed by atoms with Gasteiger partial charge in [0.2, 0.25) is 5.91 Å². The van der Waals surface area contributed by atoms with Gasteiger partial charge in [-0.25, -0.2) is 0 Å². The number of nitrogens with zero attached hydrogens (tertiary/aromatic N) is 1. The number of hydrogen-bond donors (Lipinski definition) is 2. The summed E-state index contributed by atoms with van der Waals surface area (Å²) in [5, 5.41) is 6.14. The summed E-state index contributed by atoms with van der Waals surface area (Å²) in [6.45, 7) is 2.26. The van der Waals surface area contributed by atoms with Crippen LogP contribution in [0.15, 0.2) is 48.5 Å². The first-order valence-electron chi connectivity index (χ1n) is 11.4. The van der Waals surface area contributed by atoms with Crippen molar-refractivity contribution in [3.05, 3.63) is 64.7 Å². The molecule has 0 spiro atoms. The van der Waals surface area contributed by atoms with E-state index in [1.165, 1.54) is 0 Å². The van der Waals surface area contributed by atoms with Crippen LogP contribution < -0.4 is 10.6 Å². The van der Waals surface area contributed by atoms with Crippen molar-refractivity contribution in [3.63, 3.8) is 0 Å². The van der Waals surface area contributed by atoms with E-state index < -0.39 is 0 Å². The van der Waals surface area contributed by atoms with Crippen LogP contribution in [0.5, 0.6) is 0 Å². The molecule has 7 nitrogen and oxygen atoms in total. The van der Waals surface area contributed by atoms with Crippen LogP contribution in [0.1, 0.15) is 46.4 Å². The second-order valence-corrected chi connectivity index (χ2v) is 8.89. The lowest BCUT2D eigenvalue weighted by Gasteiger charge is -2.32. The summed E-state index contributed by atoms with van der Waals surface area (Å²) in [7, 11) is 0. The number of amides is 3. The molecule has 2 aliphatic heterocycles. The summed E-state index contributed by atoms with van der Waals surface area (Å²) in [6, 6.07) is 13.6. The Hall–Kier alpha value is -2.90. The molecule has 174 valence electrons. The van der Waals surface area contributed by atoms with Crippen molar-refractivity contribution in [3.8, 4) is 0 Å². The zero-order valence-electron chi connectivity index (χ0n) is 18.4. The molecule has 2 aromatic carbocycles. The second kappa shape index (κ2) is 10.8. The number of carbonyl (C=O) groups excluding carboxylic acids is 3. The highest BCUT2D eigenvalue weighted by Crippen LogP contribution is 2.22. The molecule has 2 fully saturated rings. The summed E-state index contributed by atoms with van der Waals surface area (Å²) >= 11 is 6.11. The maximum Gasteiger partial charge on any atom is 0.257 e. The molecule has 8 heteroatoms. The Morgan fingerprint density at radius 1 is 1.06 bits per heavy atom. The Morgan fingerprint density at radius 2 is 1.91 bits per heavy atom. The van der Waals surface area contributed by atoms with Gasteiger partial charge in [0.05, 0.1) is 22.6 Å². The highest BCUT2D eigenvalue weighted by Gasteiger charge is 2.29. The molecule has 2 saturated heterocycles. The molecule has 2 heterocycles. The van der Waals surface area contributed by atoms with Crippen LogP contribution in [0.25, 0.3) is 0 Å². The first kappa shape index (κ1) is 23.3. The zero-order valence-corrected chi connectivity index (χ0v) is 19.1. The number of nitrogens with one attached hydrogen (secondary N) is 2. The molecule has 0 unspecified atom stereocenters. The number of carbonyl (C=O) groups is 3. The van der Waals surface area contributed by atoms with Crippen LogP contribution in [-0.4, -0.2) is 55.0 Å². The fourth-order valence-corrected chi connectivity index (χ4v) is 4.52. The molecule has 3 amide bonds. The lowest BCUT2D eigenvalue weighted by molar-refractivity contribution is -0.126. The van der Waals surface area contributed by atoms with E-state index in [4.69, 9.17) is 16.3 Å². The van der Waals surface area contributed by atoms with Crippen molar-refractivity contribution >= 4 is 35.0 Å². The van der Waals surface area contributed by atoms with Gasteiger partial charge in [-0.15, -0.1) is 0 Å². The standard InChI is InChI=1S/C25H28ClN3O4/c26-22-11-2-1-10-21(22)24(31)28-19-8-3-6-17(14-19)25(32)29-12-4-7-18(16-29)23(30)27-15-20-9-5-13-33-20/h1-3,6,8,10-11,14,18,20H,4-5,7,9,12-13,15-16H2,(H,27,30)(H,28,31)/t18-,20+/m1/s1. The van der Waals surface area contributed by atoms with Crippen molar-refractivity contribution in [1.82, 2.24) is 10.2 Å². The third-order valence-corrected chi connectivity index (χ3v) is 6.42. The Labute approximate surface area is 198 Å². The molecule has 2 aliphatic rings. The third-order valence-electron chi connectivity index (χ3n) is 6.09. The van der Waals surface area contributed by atoms with Gasteiger partial charge in [-0.3, -0.25) is 14.4 Å². The molecule has 0 bridgehead atoms. The van der Waals surface area contributed by atoms with Gasteiger partial charge in [0, 0.05) is 37.5 Å². The van der Waals surface area contributed by atoms with E-state index in [2.05, 4.69) is 10.6 Å². The second-order valence-electron chi connectivity index (χ2n) is 8.49. The minimum Gasteiger partial charge on any atom is -0.376 e. The molecule has 2 atom stereocenters. The number of rotatable bonds is 6. The van der Waals surface area contributed by atoms with Crippen LogP contribution in [-0.2, 0) is 9.53 Å². The molecule has 4 rings (SSSR count). The monoisotopic (exact) mass is 469 g/mol. The van der Waals surface area contributed by atoms with Crippen molar-refractivity contribution in [2.45, 2.75) is 31.8 Å². The van der Waals surface area contributed by atoms with E-state index in [1.807, 2.05) is 0 Å². The molecule has 0 saturated carbocycles. The van der Waals surface area contributed by atoms with Crippen LogP contribution >= 0.6 is 11.6 Å². The summed E-state index contributed by atoms with van der Waals surface area (Å²) in [4.78, 5) is 40.0. The minimum atomic E-state index is -0.342. The van der Waals surface area contributed by atoms with Gasteiger partial charge in [-0.1, -0.05) is 29.8 Å². The highest BCUT2D eigenvalue weighted by atomic mass is 35.5. The predicted octanol–water partition coefficient (Wildman–Crippen LogP) is 3.74. The maximum absolute atomic E-state index is 13.1. The number of anilines is 1. The fraction of sp³-hybridized carbons (Fsp3) is 0.400. The number of halogens is 1. The molecule has 33 heavy (non-hydrogen) atoms. The van der Waals surface area contributed by atoms with Crippen LogP contribution in [0.3, 0.4) is 0 Å². The number of ether oxygens (including phenoxy) is 1. The van der Waals surface area contributed by atoms with E-state index in [9.17, 15) is 14.4 Å². The van der Waals surface area contributed by atoms with Gasteiger partial charge < -0.3 is 20.3 Å². The minimum absolute atomic E-state index is 0.0243. The lowest BCUT2D eigenvalue weighted by atomic mass is 9.96. The van der Waals surface area contributed by atoms with E-state index in [0.717, 1.165) is 32.3 Å². The number of likely N-dealkylation sites (tertiary alicyclic amines) is 1. The summed E-state index contributed by atoms with van der Waals surface area (Å²) < 4.78 is 5.56. The van der Waals surface area contributed by atoms with Crippen LogP contribution in [0, 0.1) is 5.92 Å². The number of hydrogen-bond acceptors (Lipinski definition) is 4. The Balaban J connectivity index is 1.36. The number of benzene rings is 2. The summed E-state index contributed by atoms with van der Waals surface area (Å²) in [5.74, 6) is -0.748. The number of piperidine rings is 1. The normalized spacial score (nSPS) is 20.3. The zero-order chi connectivity index (χ0) is 23.2. The van der Waals surface area contributed by atoms with Crippen molar-refractivity contribution in [2.24, 2.45) is 5.92 Å². The maximum atomic E-state index is 13.1. The molecule has 0 aromatic heterocycles. The van der Waals surface area contributed by atoms with Crippen LogP contribution in [0.4, 0.5) is 5.69 Å².